The number of carboxylic acid groups (broad SMARTS) is 1. The molecule has 0 saturated heterocycles. The number of aryl methyl sites for hydroxylation is 1. The lowest BCUT2D eigenvalue weighted by molar-refractivity contribution is -0.143. The predicted octanol–water partition coefficient (Wildman–Crippen LogP) is 1.90. The molecule has 0 unspecified atom stereocenters. The van der Waals surface area contributed by atoms with Gasteiger partial charge in [-0.25, -0.2) is 15.1 Å². The van der Waals surface area contributed by atoms with Crippen LogP contribution in [0.15, 0.2) is 22.7 Å². The van der Waals surface area contributed by atoms with Crippen LogP contribution in [0.3, 0.4) is 0 Å². The molecule has 0 saturated carbocycles. The van der Waals surface area contributed by atoms with Crippen LogP contribution in [0.5, 0.6) is 0 Å². The summed E-state index contributed by atoms with van der Waals surface area (Å²) in [6.07, 6.45) is 0. The van der Waals surface area contributed by atoms with E-state index in [0.29, 0.717) is 5.69 Å². The van der Waals surface area contributed by atoms with Crippen molar-refractivity contribution >= 4 is 33.6 Å². The van der Waals surface area contributed by atoms with Crippen molar-refractivity contribution in [3.63, 3.8) is 0 Å². The highest BCUT2D eigenvalue weighted by atomic mass is 79.9. The minimum absolute atomic E-state index is 0.568. The Bertz CT molecular complexity index is 436. The van der Waals surface area contributed by atoms with Crippen LogP contribution >= 0.6 is 15.9 Å². The second kappa shape index (κ2) is 6.21. The summed E-state index contributed by atoms with van der Waals surface area (Å²) < 4.78 is 0.863. The second-order valence-electron chi connectivity index (χ2n) is 3.20. The number of hydrogen-bond acceptors (Lipinski definition) is 3. The van der Waals surface area contributed by atoms with E-state index in [2.05, 4.69) is 26.1 Å². The smallest absolute Gasteiger partial charge is 0.343 e. The molecule has 3 N–H and O–H groups in total. The number of hydrogen-bond donors (Lipinski definition) is 3. The molecule has 0 aromatic heterocycles. The van der Waals surface area contributed by atoms with Crippen LogP contribution in [0.4, 0.5) is 10.5 Å². The Kier molecular flexibility index (Phi) is 4.92. The maximum Gasteiger partial charge on any atom is 0.343 e. The van der Waals surface area contributed by atoms with Crippen molar-refractivity contribution in [3.8, 4) is 0 Å². The molecule has 0 aliphatic rings. The normalized spacial score (nSPS) is 9.76. The lowest BCUT2D eigenvalue weighted by Gasteiger charge is -2.07. The van der Waals surface area contributed by atoms with Crippen molar-refractivity contribution in [2.75, 3.05) is 11.9 Å². The summed E-state index contributed by atoms with van der Waals surface area (Å²) in [5.41, 5.74) is 3.56. The highest BCUT2D eigenvalue weighted by Gasteiger charge is 2.04. The number of benzene rings is 1. The molecule has 1 aromatic carbocycles. The summed E-state index contributed by atoms with van der Waals surface area (Å²) in [7, 11) is 0. The lowest BCUT2D eigenvalue weighted by Crippen LogP contribution is -2.30. The quantitative estimate of drug-likeness (QED) is 0.741. The molecule has 1 aromatic rings. The Morgan fingerprint density at radius 3 is 2.76 bits per heavy atom. The summed E-state index contributed by atoms with van der Waals surface area (Å²) in [6, 6.07) is 4.64. The molecule has 0 aliphatic heterocycles. The fraction of sp³-hybridized carbons (Fsp3) is 0.200. The van der Waals surface area contributed by atoms with Crippen molar-refractivity contribution in [2.24, 2.45) is 0 Å². The van der Waals surface area contributed by atoms with Crippen molar-refractivity contribution < 1.29 is 19.5 Å². The number of amides is 2. The summed E-state index contributed by atoms with van der Waals surface area (Å²) in [5, 5.41) is 10.8. The Labute approximate surface area is 106 Å². The van der Waals surface area contributed by atoms with E-state index in [0.717, 1.165) is 10.0 Å². The number of rotatable bonds is 4. The van der Waals surface area contributed by atoms with Crippen LogP contribution in [0.25, 0.3) is 0 Å². The van der Waals surface area contributed by atoms with Crippen molar-refractivity contribution in [1.82, 2.24) is 5.48 Å². The summed E-state index contributed by atoms with van der Waals surface area (Å²) in [4.78, 5) is 25.8. The fourth-order valence-corrected chi connectivity index (χ4v) is 1.37. The molecule has 0 radical (unpaired) electrons. The minimum atomic E-state index is -1.16. The average Bonchev–Trinajstić information content (AvgIpc) is 2.23. The maximum absolute atomic E-state index is 11.2. The van der Waals surface area contributed by atoms with Gasteiger partial charge in [0.1, 0.15) is 0 Å². The second-order valence-corrected chi connectivity index (χ2v) is 4.06. The molecule has 92 valence electrons. The Morgan fingerprint density at radius 2 is 2.18 bits per heavy atom. The van der Waals surface area contributed by atoms with Gasteiger partial charge in [-0.2, -0.15) is 0 Å². The number of carbonyl (C=O) groups excluding carboxylic acids is 1. The molecule has 2 amide bonds. The maximum atomic E-state index is 11.2. The van der Waals surface area contributed by atoms with E-state index in [9.17, 15) is 9.59 Å². The van der Waals surface area contributed by atoms with Gasteiger partial charge in [-0.1, -0.05) is 22.0 Å². The van der Waals surface area contributed by atoms with E-state index >= 15 is 0 Å². The summed E-state index contributed by atoms with van der Waals surface area (Å²) in [6.45, 7) is 1.33. The third-order valence-electron chi connectivity index (χ3n) is 1.79. The topological polar surface area (TPSA) is 87.7 Å². The van der Waals surface area contributed by atoms with E-state index in [4.69, 9.17) is 5.11 Å². The molecule has 17 heavy (non-hydrogen) atoms. The van der Waals surface area contributed by atoms with Crippen molar-refractivity contribution in [1.29, 1.82) is 0 Å². The van der Waals surface area contributed by atoms with Crippen LogP contribution in [0.1, 0.15) is 5.56 Å². The van der Waals surface area contributed by atoms with Gasteiger partial charge in [0, 0.05) is 10.2 Å². The van der Waals surface area contributed by atoms with Gasteiger partial charge >= 0.3 is 12.0 Å². The van der Waals surface area contributed by atoms with Crippen LogP contribution < -0.4 is 10.8 Å². The van der Waals surface area contributed by atoms with Gasteiger partial charge in [0.2, 0.25) is 0 Å². The minimum Gasteiger partial charge on any atom is -0.479 e. The number of urea groups is 1. The molecular formula is C10H11BrN2O4. The number of carbonyl (C=O) groups is 2. The molecule has 0 atom stereocenters. The first-order chi connectivity index (χ1) is 7.99. The SMILES string of the molecule is Cc1ccc(NC(=O)NOCC(=O)O)cc1Br. The molecule has 7 heteroatoms. The van der Waals surface area contributed by atoms with Gasteiger partial charge in [0.05, 0.1) is 0 Å². The first-order valence-corrected chi connectivity index (χ1v) is 5.45. The molecule has 1 rings (SSSR count). The third-order valence-corrected chi connectivity index (χ3v) is 2.64. The zero-order valence-electron chi connectivity index (χ0n) is 8.99. The summed E-state index contributed by atoms with van der Waals surface area (Å²) in [5.74, 6) is -1.16. The molecule has 6 nitrogen and oxygen atoms in total. The van der Waals surface area contributed by atoms with E-state index in [1.54, 1.807) is 12.1 Å². The first-order valence-electron chi connectivity index (χ1n) is 4.66. The van der Waals surface area contributed by atoms with Crippen LogP contribution in [-0.2, 0) is 9.63 Å². The lowest BCUT2D eigenvalue weighted by atomic mass is 10.2. The monoisotopic (exact) mass is 302 g/mol. The van der Waals surface area contributed by atoms with Gasteiger partial charge in [-0.3, -0.25) is 4.84 Å². The Balaban J connectivity index is 2.45. The zero-order valence-corrected chi connectivity index (χ0v) is 10.6. The standard InChI is InChI=1S/C10H11BrN2O4/c1-6-2-3-7(4-8(6)11)12-10(16)13-17-5-9(14)15/h2-4H,5H2,1H3,(H,14,15)(H2,12,13,16). The molecule has 0 aliphatic carbocycles. The number of carboxylic acids is 1. The van der Waals surface area contributed by atoms with Crippen molar-refractivity contribution in [2.45, 2.75) is 6.92 Å². The fourth-order valence-electron chi connectivity index (χ4n) is 0.991. The summed E-state index contributed by atoms with van der Waals surface area (Å²) >= 11 is 3.33. The molecular weight excluding hydrogens is 292 g/mol. The first kappa shape index (κ1) is 13.5. The van der Waals surface area contributed by atoms with Gasteiger partial charge in [0.25, 0.3) is 0 Å². The van der Waals surface area contributed by atoms with Crippen LogP contribution in [0.2, 0.25) is 0 Å². The van der Waals surface area contributed by atoms with E-state index in [1.807, 2.05) is 18.5 Å². The number of anilines is 1. The third kappa shape index (κ3) is 4.83. The van der Waals surface area contributed by atoms with Crippen LogP contribution in [0, 0.1) is 6.92 Å². The molecule has 0 fully saturated rings. The highest BCUT2D eigenvalue weighted by molar-refractivity contribution is 9.10. The molecule has 0 spiro atoms. The van der Waals surface area contributed by atoms with Gasteiger partial charge < -0.3 is 10.4 Å². The molecule has 0 bridgehead atoms. The highest BCUT2D eigenvalue weighted by Crippen LogP contribution is 2.20. The van der Waals surface area contributed by atoms with Gasteiger partial charge in [-0.05, 0) is 24.6 Å². The van der Waals surface area contributed by atoms with Crippen LogP contribution in [-0.4, -0.2) is 23.7 Å². The van der Waals surface area contributed by atoms with Gasteiger partial charge in [-0.15, -0.1) is 0 Å². The average molecular weight is 303 g/mol. The number of halogens is 1. The zero-order chi connectivity index (χ0) is 12.8. The van der Waals surface area contributed by atoms with E-state index in [-0.39, 0.29) is 0 Å². The van der Waals surface area contributed by atoms with E-state index < -0.39 is 18.6 Å². The Hall–Kier alpha value is -1.60. The number of nitrogens with one attached hydrogen (secondary N) is 2. The van der Waals surface area contributed by atoms with Gasteiger partial charge in [0.15, 0.2) is 6.61 Å². The van der Waals surface area contributed by atoms with Crippen molar-refractivity contribution in [3.05, 3.63) is 28.2 Å². The number of hydroxylamine groups is 1. The largest absolute Gasteiger partial charge is 0.479 e. The molecule has 0 heterocycles. The van der Waals surface area contributed by atoms with E-state index in [1.165, 1.54) is 0 Å². The predicted molar refractivity (Wildman–Crippen MR) is 64.6 cm³/mol. The number of aliphatic carboxylic acids is 1. The Morgan fingerprint density at radius 1 is 1.47 bits per heavy atom.